The lowest BCUT2D eigenvalue weighted by Crippen LogP contribution is -2.35. The number of nitrogens with zero attached hydrogens (tertiary/aromatic N) is 5. The minimum absolute atomic E-state index is 0.274. The van der Waals surface area contributed by atoms with Crippen molar-refractivity contribution >= 4 is 11.8 Å². The third kappa shape index (κ3) is 3.44. The molecule has 134 valence electrons. The summed E-state index contributed by atoms with van der Waals surface area (Å²) < 4.78 is 5.45. The molecule has 2 aromatic rings. The summed E-state index contributed by atoms with van der Waals surface area (Å²) >= 11 is 0. The van der Waals surface area contributed by atoms with Crippen LogP contribution in [0.1, 0.15) is 67.8 Å². The van der Waals surface area contributed by atoms with E-state index in [-0.39, 0.29) is 6.04 Å². The maximum Gasteiger partial charge on any atom is 0.229 e. The van der Waals surface area contributed by atoms with Gasteiger partial charge in [0.05, 0.1) is 12.2 Å². The lowest BCUT2D eigenvalue weighted by molar-refractivity contribution is 0.345. The fourth-order valence-electron chi connectivity index (χ4n) is 3.74. The highest BCUT2D eigenvalue weighted by Gasteiger charge is 2.29. The number of rotatable bonds is 5. The minimum Gasteiger partial charge on any atom is -0.368 e. The Bertz CT molecular complexity index is 734. The van der Waals surface area contributed by atoms with Crippen LogP contribution in [0.4, 0.5) is 11.8 Å². The zero-order chi connectivity index (χ0) is 17.4. The monoisotopic (exact) mass is 343 g/mol. The highest BCUT2D eigenvalue weighted by Crippen LogP contribution is 2.36. The van der Waals surface area contributed by atoms with Gasteiger partial charge in [-0.2, -0.15) is 9.97 Å². The molecule has 0 radical (unpaired) electrons. The molecule has 25 heavy (non-hydrogen) atoms. The maximum absolute atomic E-state index is 5.90. The fourth-order valence-corrected chi connectivity index (χ4v) is 3.74. The zero-order valence-corrected chi connectivity index (χ0v) is 14.6. The van der Waals surface area contributed by atoms with E-state index < -0.39 is 0 Å². The molecule has 2 aliphatic carbocycles. The highest BCUT2D eigenvalue weighted by molar-refractivity contribution is 5.44. The van der Waals surface area contributed by atoms with Gasteiger partial charge < -0.3 is 20.9 Å². The van der Waals surface area contributed by atoms with Crippen LogP contribution < -0.4 is 16.4 Å². The molecule has 2 fully saturated rings. The molecular formula is C17H25N7O. The van der Waals surface area contributed by atoms with E-state index in [0.717, 1.165) is 43.1 Å². The molecule has 2 saturated carbocycles. The van der Waals surface area contributed by atoms with Crippen molar-refractivity contribution < 1.29 is 4.52 Å². The van der Waals surface area contributed by atoms with E-state index in [1.165, 1.54) is 12.8 Å². The van der Waals surface area contributed by atoms with Gasteiger partial charge in [-0.3, -0.25) is 0 Å². The summed E-state index contributed by atoms with van der Waals surface area (Å²) in [4.78, 5) is 15.3. The number of aromatic nitrogens is 4. The molecule has 0 amide bonds. The van der Waals surface area contributed by atoms with E-state index in [2.05, 4.69) is 20.1 Å². The van der Waals surface area contributed by atoms with Gasteiger partial charge in [0, 0.05) is 31.0 Å². The Balaban J connectivity index is 1.46. The lowest BCUT2D eigenvalue weighted by Gasteiger charge is -2.32. The fraction of sp³-hybridized carbons (Fsp3) is 0.647. The molecule has 4 N–H and O–H groups in total. The molecular weight excluding hydrogens is 318 g/mol. The molecule has 8 heteroatoms. The zero-order valence-electron chi connectivity index (χ0n) is 14.6. The first-order valence-corrected chi connectivity index (χ1v) is 9.02. The van der Waals surface area contributed by atoms with Gasteiger partial charge >= 0.3 is 0 Å². The van der Waals surface area contributed by atoms with Crippen LogP contribution in [0.15, 0.2) is 10.6 Å². The van der Waals surface area contributed by atoms with Crippen LogP contribution in [0.25, 0.3) is 0 Å². The number of hydrogen-bond acceptors (Lipinski definition) is 8. The van der Waals surface area contributed by atoms with Gasteiger partial charge in [-0.05, 0) is 25.7 Å². The van der Waals surface area contributed by atoms with E-state index in [1.807, 2.05) is 18.0 Å². The normalized spacial score (nSPS) is 23.6. The summed E-state index contributed by atoms with van der Waals surface area (Å²) in [5.41, 5.74) is 12.8. The van der Waals surface area contributed by atoms with Crippen LogP contribution in [-0.4, -0.2) is 33.2 Å². The second kappa shape index (κ2) is 6.59. The third-order valence-electron chi connectivity index (χ3n) is 5.30. The Morgan fingerprint density at radius 3 is 2.64 bits per heavy atom. The molecule has 0 atom stereocenters. The van der Waals surface area contributed by atoms with Gasteiger partial charge in [0.2, 0.25) is 11.8 Å². The van der Waals surface area contributed by atoms with Crippen LogP contribution >= 0.6 is 0 Å². The van der Waals surface area contributed by atoms with Gasteiger partial charge in [0.1, 0.15) is 5.82 Å². The lowest BCUT2D eigenvalue weighted by atomic mass is 9.78. The Morgan fingerprint density at radius 2 is 1.92 bits per heavy atom. The topological polar surface area (TPSA) is 120 Å². The number of nitrogen functional groups attached to an aromatic ring is 1. The molecule has 2 heterocycles. The standard InChI is InChI=1S/C17H25N7O/c1-24(9-14-21-16(25-23-14)10-4-2-3-5-10)15-8-13(20-17(19)22-15)11-6-12(18)7-11/h8,10-12H,2-7,9,18H2,1H3,(H2,19,20,22). The number of anilines is 2. The summed E-state index contributed by atoms with van der Waals surface area (Å²) in [7, 11) is 1.95. The first kappa shape index (κ1) is 16.3. The van der Waals surface area contributed by atoms with Crippen molar-refractivity contribution in [2.24, 2.45) is 5.73 Å². The van der Waals surface area contributed by atoms with Crippen LogP contribution in [0.2, 0.25) is 0 Å². The molecule has 8 nitrogen and oxygen atoms in total. The van der Waals surface area contributed by atoms with E-state index in [9.17, 15) is 0 Å². The molecule has 0 aromatic carbocycles. The third-order valence-corrected chi connectivity index (χ3v) is 5.30. The molecule has 0 saturated heterocycles. The average molecular weight is 343 g/mol. The maximum atomic E-state index is 5.90. The molecule has 0 aliphatic heterocycles. The van der Waals surface area contributed by atoms with Crippen molar-refractivity contribution in [2.75, 3.05) is 17.7 Å². The largest absolute Gasteiger partial charge is 0.368 e. The van der Waals surface area contributed by atoms with Crippen molar-refractivity contribution in [1.82, 2.24) is 20.1 Å². The van der Waals surface area contributed by atoms with Gasteiger partial charge in [-0.1, -0.05) is 18.0 Å². The molecule has 0 spiro atoms. The Hall–Kier alpha value is -2.22. The molecule has 2 aromatic heterocycles. The quantitative estimate of drug-likeness (QED) is 0.845. The predicted octanol–water partition coefficient (Wildman–Crippen LogP) is 1.94. The Morgan fingerprint density at radius 1 is 1.16 bits per heavy atom. The summed E-state index contributed by atoms with van der Waals surface area (Å²) in [5.74, 6) is 3.32. The van der Waals surface area contributed by atoms with E-state index in [1.54, 1.807) is 0 Å². The Labute approximate surface area is 147 Å². The summed E-state index contributed by atoms with van der Waals surface area (Å²) in [5, 5.41) is 4.12. The van der Waals surface area contributed by atoms with Crippen molar-refractivity contribution in [3.63, 3.8) is 0 Å². The second-order valence-corrected chi connectivity index (χ2v) is 7.32. The number of hydrogen-bond donors (Lipinski definition) is 2. The van der Waals surface area contributed by atoms with Crippen molar-refractivity contribution in [3.8, 4) is 0 Å². The van der Waals surface area contributed by atoms with Gasteiger partial charge in [0.15, 0.2) is 5.82 Å². The second-order valence-electron chi connectivity index (χ2n) is 7.32. The summed E-state index contributed by atoms with van der Waals surface area (Å²) in [6.45, 7) is 0.524. The summed E-state index contributed by atoms with van der Waals surface area (Å²) in [6, 6.07) is 2.26. The van der Waals surface area contributed by atoms with E-state index >= 15 is 0 Å². The van der Waals surface area contributed by atoms with Gasteiger partial charge in [-0.25, -0.2) is 4.98 Å². The summed E-state index contributed by atoms with van der Waals surface area (Å²) in [6.07, 6.45) is 6.69. The van der Waals surface area contributed by atoms with Gasteiger partial charge in [-0.15, -0.1) is 0 Å². The van der Waals surface area contributed by atoms with E-state index in [4.69, 9.17) is 16.0 Å². The van der Waals surface area contributed by atoms with E-state index in [0.29, 0.717) is 30.2 Å². The molecule has 0 unspecified atom stereocenters. The predicted molar refractivity (Wildman–Crippen MR) is 94.0 cm³/mol. The van der Waals surface area contributed by atoms with Crippen LogP contribution in [0.3, 0.4) is 0 Å². The first-order chi connectivity index (χ1) is 12.1. The van der Waals surface area contributed by atoms with Crippen molar-refractivity contribution in [1.29, 1.82) is 0 Å². The van der Waals surface area contributed by atoms with Crippen LogP contribution in [0, 0.1) is 0 Å². The SMILES string of the molecule is CN(Cc1noc(C2CCCC2)n1)c1cc(C2CC(N)C2)nc(N)n1. The number of nitrogens with two attached hydrogens (primary N) is 2. The minimum atomic E-state index is 0.274. The van der Waals surface area contributed by atoms with Crippen LogP contribution in [0.5, 0.6) is 0 Å². The van der Waals surface area contributed by atoms with Crippen molar-refractivity contribution in [2.45, 2.75) is 62.9 Å². The first-order valence-electron chi connectivity index (χ1n) is 9.02. The smallest absolute Gasteiger partial charge is 0.229 e. The molecule has 4 rings (SSSR count). The van der Waals surface area contributed by atoms with Crippen LogP contribution in [-0.2, 0) is 6.54 Å². The Kier molecular flexibility index (Phi) is 4.29. The molecule has 0 bridgehead atoms. The average Bonchev–Trinajstić information content (AvgIpc) is 3.22. The molecule has 2 aliphatic rings. The van der Waals surface area contributed by atoms with Gasteiger partial charge in [0.25, 0.3) is 0 Å². The van der Waals surface area contributed by atoms with Crippen molar-refractivity contribution in [3.05, 3.63) is 23.5 Å². The highest BCUT2D eigenvalue weighted by atomic mass is 16.5.